The first-order valence-corrected chi connectivity index (χ1v) is 14.7. The number of piperazine rings is 1. The molecule has 0 aliphatic carbocycles. The molecular formula is C36H38N4O4. The van der Waals surface area contributed by atoms with Crippen LogP contribution in [0.2, 0.25) is 0 Å². The number of rotatable bonds is 8. The maximum Gasteiger partial charge on any atom is 0.260 e. The third-order valence-electron chi connectivity index (χ3n) is 7.91. The molecule has 0 atom stereocenters. The number of anilines is 2. The summed E-state index contributed by atoms with van der Waals surface area (Å²) in [7, 11) is 3.72. The van der Waals surface area contributed by atoms with Crippen molar-refractivity contribution in [2.45, 2.75) is 13.8 Å². The fourth-order valence-electron chi connectivity index (χ4n) is 5.16. The van der Waals surface area contributed by atoms with Crippen molar-refractivity contribution in [2.75, 3.05) is 57.1 Å². The second-order valence-electron chi connectivity index (χ2n) is 11.3. The Morgan fingerprint density at radius 3 is 2.18 bits per heavy atom. The van der Waals surface area contributed by atoms with E-state index in [9.17, 15) is 14.4 Å². The summed E-state index contributed by atoms with van der Waals surface area (Å²) in [6.45, 7) is 6.89. The quantitative estimate of drug-likeness (QED) is 0.287. The molecule has 0 bridgehead atoms. The Bertz CT molecular complexity index is 1640. The van der Waals surface area contributed by atoms with Gasteiger partial charge in [0.1, 0.15) is 5.75 Å². The van der Waals surface area contributed by atoms with Gasteiger partial charge >= 0.3 is 0 Å². The summed E-state index contributed by atoms with van der Waals surface area (Å²) in [6.07, 6.45) is 0. The predicted octanol–water partition coefficient (Wildman–Crippen LogP) is 5.65. The zero-order valence-corrected chi connectivity index (χ0v) is 25.7. The fourth-order valence-corrected chi connectivity index (χ4v) is 5.16. The number of likely N-dealkylation sites (N-methyl/N-ethyl adjacent to an activating group) is 1. The number of benzene rings is 4. The first-order chi connectivity index (χ1) is 21.2. The summed E-state index contributed by atoms with van der Waals surface area (Å²) in [5, 5.41) is 2.96. The van der Waals surface area contributed by atoms with Crippen LogP contribution in [-0.2, 0) is 4.79 Å². The van der Waals surface area contributed by atoms with Crippen molar-refractivity contribution in [3.8, 4) is 16.9 Å². The molecule has 1 heterocycles. The SMILES string of the molecule is Cc1ccc(-c2ccccc2C(=O)Nc2ccc(C(=O)N(C)c3ccc(C)cc3OCC(=O)N3CCN(C)CC3)cc2)cc1. The van der Waals surface area contributed by atoms with E-state index in [1.54, 1.807) is 37.4 Å². The highest BCUT2D eigenvalue weighted by Gasteiger charge is 2.22. The molecule has 4 aromatic rings. The van der Waals surface area contributed by atoms with Gasteiger partial charge in [-0.25, -0.2) is 0 Å². The van der Waals surface area contributed by atoms with Gasteiger partial charge in [0.25, 0.3) is 17.7 Å². The fraction of sp³-hybridized carbons (Fsp3) is 0.250. The minimum atomic E-state index is -0.244. The van der Waals surface area contributed by atoms with Gasteiger partial charge in [0.15, 0.2) is 6.61 Å². The number of aryl methyl sites for hydroxylation is 2. The van der Waals surface area contributed by atoms with Gasteiger partial charge in [-0.2, -0.15) is 0 Å². The Hall–Kier alpha value is -4.95. The number of nitrogens with zero attached hydrogens (tertiary/aromatic N) is 3. The van der Waals surface area contributed by atoms with Gasteiger partial charge in [0.2, 0.25) is 0 Å². The van der Waals surface area contributed by atoms with Crippen LogP contribution in [-0.4, -0.2) is 74.4 Å². The zero-order valence-electron chi connectivity index (χ0n) is 25.7. The van der Waals surface area contributed by atoms with Crippen molar-refractivity contribution in [1.82, 2.24) is 9.80 Å². The monoisotopic (exact) mass is 590 g/mol. The Morgan fingerprint density at radius 1 is 0.818 bits per heavy atom. The molecule has 1 N–H and O–H groups in total. The van der Waals surface area contributed by atoms with Crippen LogP contribution in [0.25, 0.3) is 11.1 Å². The molecule has 4 aromatic carbocycles. The minimum Gasteiger partial charge on any atom is -0.482 e. The Morgan fingerprint density at radius 2 is 1.48 bits per heavy atom. The first-order valence-electron chi connectivity index (χ1n) is 14.7. The summed E-state index contributed by atoms with van der Waals surface area (Å²) in [5.41, 5.74) is 6.08. The highest BCUT2D eigenvalue weighted by atomic mass is 16.5. The van der Waals surface area contributed by atoms with Crippen molar-refractivity contribution < 1.29 is 19.1 Å². The second kappa shape index (κ2) is 13.6. The van der Waals surface area contributed by atoms with Crippen molar-refractivity contribution >= 4 is 29.1 Å². The molecule has 0 saturated carbocycles. The van der Waals surface area contributed by atoms with Gasteiger partial charge in [-0.3, -0.25) is 14.4 Å². The highest BCUT2D eigenvalue weighted by molar-refractivity contribution is 6.09. The molecule has 8 nitrogen and oxygen atoms in total. The molecule has 1 saturated heterocycles. The van der Waals surface area contributed by atoms with E-state index in [4.69, 9.17) is 4.74 Å². The molecule has 0 aromatic heterocycles. The van der Waals surface area contributed by atoms with Crippen LogP contribution >= 0.6 is 0 Å². The second-order valence-corrected chi connectivity index (χ2v) is 11.3. The zero-order chi connectivity index (χ0) is 31.2. The topological polar surface area (TPSA) is 82.2 Å². The van der Waals surface area contributed by atoms with Crippen molar-refractivity contribution in [1.29, 1.82) is 0 Å². The molecule has 8 heteroatoms. The van der Waals surface area contributed by atoms with Crippen LogP contribution in [0.5, 0.6) is 5.75 Å². The third kappa shape index (κ3) is 7.15. The molecule has 0 radical (unpaired) electrons. The van der Waals surface area contributed by atoms with Gasteiger partial charge < -0.3 is 24.8 Å². The number of ether oxygens (including phenoxy) is 1. The molecule has 5 rings (SSSR count). The number of carbonyl (C=O) groups is 3. The van der Waals surface area contributed by atoms with Gasteiger partial charge in [0, 0.05) is 50.0 Å². The van der Waals surface area contributed by atoms with Gasteiger partial charge in [-0.15, -0.1) is 0 Å². The third-order valence-corrected chi connectivity index (χ3v) is 7.91. The summed E-state index contributed by atoms with van der Waals surface area (Å²) in [6, 6.07) is 27.9. The van der Waals surface area contributed by atoms with Crippen LogP contribution in [0.15, 0.2) is 91.0 Å². The number of carbonyl (C=O) groups excluding carboxylic acids is 3. The lowest BCUT2D eigenvalue weighted by Gasteiger charge is -2.32. The van der Waals surface area contributed by atoms with E-state index in [1.807, 2.05) is 86.5 Å². The van der Waals surface area contributed by atoms with Crippen LogP contribution in [0.3, 0.4) is 0 Å². The average Bonchev–Trinajstić information content (AvgIpc) is 3.04. The largest absolute Gasteiger partial charge is 0.482 e. The number of nitrogens with one attached hydrogen (secondary N) is 1. The van der Waals surface area contributed by atoms with E-state index in [-0.39, 0.29) is 24.3 Å². The number of hydrogen-bond acceptors (Lipinski definition) is 5. The van der Waals surface area contributed by atoms with Crippen molar-refractivity contribution in [2.24, 2.45) is 0 Å². The highest BCUT2D eigenvalue weighted by Crippen LogP contribution is 2.30. The molecule has 1 aliphatic heterocycles. The molecule has 226 valence electrons. The molecule has 0 spiro atoms. The molecule has 3 amide bonds. The molecule has 1 aliphatic rings. The van der Waals surface area contributed by atoms with Crippen LogP contribution in [0, 0.1) is 13.8 Å². The van der Waals surface area contributed by atoms with Gasteiger partial charge in [-0.05, 0) is 80.1 Å². The summed E-state index contributed by atoms with van der Waals surface area (Å²) >= 11 is 0. The van der Waals surface area contributed by atoms with E-state index in [0.29, 0.717) is 41.3 Å². The Balaban J connectivity index is 1.26. The lowest BCUT2D eigenvalue weighted by Crippen LogP contribution is -2.48. The van der Waals surface area contributed by atoms with E-state index < -0.39 is 0 Å². The van der Waals surface area contributed by atoms with Gasteiger partial charge in [0.05, 0.1) is 5.69 Å². The molecule has 44 heavy (non-hydrogen) atoms. The van der Waals surface area contributed by atoms with E-state index in [0.717, 1.165) is 35.3 Å². The van der Waals surface area contributed by atoms with E-state index >= 15 is 0 Å². The molecule has 0 unspecified atom stereocenters. The van der Waals surface area contributed by atoms with Crippen LogP contribution in [0.4, 0.5) is 11.4 Å². The Labute approximate surface area is 258 Å². The normalized spacial score (nSPS) is 13.3. The van der Waals surface area contributed by atoms with Crippen LogP contribution in [0.1, 0.15) is 31.8 Å². The maximum atomic E-state index is 13.5. The predicted molar refractivity (Wildman–Crippen MR) is 174 cm³/mol. The summed E-state index contributed by atoms with van der Waals surface area (Å²) < 4.78 is 5.97. The lowest BCUT2D eigenvalue weighted by molar-refractivity contribution is -0.134. The maximum absolute atomic E-state index is 13.5. The molecular weight excluding hydrogens is 552 g/mol. The Kier molecular flexibility index (Phi) is 9.41. The van der Waals surface area contributed by atoms with E-state index in [2.05, 4.69) is 10.2 Å². The van der Waals surface area contributed by atoms with Crippen LogP contribution < -0.4 is 15.0 Å². The standard InChI is InChI=1S/C36H38N4O4/c1-25-9-12-27(13-10-25)30-7-5-6-8-31(30)35(42)37-29-16-14-28(15-17-29)36(43)39(4)32-18-11-26(2)23-33(32)44-24-34(41)40-21-19-38(3)20-22-40/h5-18,23H,19-22,24H2,1-4H3,(H,37,42). The number of hydrogen-bond donors (Lipinski definition) is 1. The molecule has 1 fully saturated rings. The minimum absolute atomic E-state index is 0.0707. The van der Waals surface area contributed by atoms with Gasteiger partial charge in [-0.1, -0.05) is 54.1 Å². The summed E-state index contributed by atoms with van der Waals surface area (Å²) in [5.74, 6) is -0.0743. The smallest absolute Gasteiger partial charge is 0.260 e. The lowest BCUT2D eigenvalue weighted by atomic mass is 9.98. The first kappa shape index (κ1) is 30.5. The van der Waals surface area contributed by atoms with Crippen molar-refractivity contribution in [3.05, 3.63) is 113 Å². The number of amides is 3. The van der Waals surface area contributed by atoms with Crippen molar-refractivity contribution in [3.63, 3.8) is 0 Å². The van der Waals surface area contributed by atoms with E-state index in [1.165, 1.54) is 4.90 Å². The average molecular weight is 591 g/mol. The summed E-state index contributed by atoms with van der Waals surface area (Å²) in [4.78, 5) is 45.0.